The molecule has 1 amide bonds. The van der Waals surface area contributed by atoms with Gasteiger partial charge in [0.05, 0.1) is 10.8 Å². The molecule has 0 saturated heterocycles. The third kappa shape index (κ3) is 3.07. The normalized spacial score (nSPS) is 22.2. The van der Waals surface area contributed by atoms with Crippen LogP contribution in [0.15, 0.2) is 18.2 Å². The SMILES string of the molecule is Cc1cc(NC2CCCCC2C(N)=O)ccc1[N+](=O)[O-]. The van der Waals surface area contributed by atoms with Gasteiger partial charge in [-0.25, -0.2) is 0 Å². The summed E-state index contributed by atoms with van der Waals surface area (Å²) >= 11 is 0. The topological polar surface area (TPSA) is 98.3 Å². The van der Waals surface area contributed by atoms with Crippen LogP contribution in [-0.2, 0) is 4.79 Å². The fraction of sp³-hybridized carbons (Fsp3) is 0.500. The van der Waals surface area contributed by atoms with Crippen LogP contribution in [0.25, 0.3) is 0 Å². The molecule has 1 saturated carbocycles. The average molecular weight is 277 g/mol. The predicted octanol–water partition coefficient (Wildman–Crippen LogP) is 2.36. The number of hydrogen-bond donors (Lipinski definition) is 2. The van der Waals surface area contributed by atoms with Gasteiger partial charge in [0.25, 0.3) is 5.69 Å². The van der Waals surface area contributed by atoms with Crippen molar-refractivity contribution < 1.29 is 9.72 Å². The number of nitro benzene ring substituents is 1. The lowest BCUT2D eigenvalue weighted by molar-refractivity contribution is -0.385. The van der Waals surface area contributed by atoms with Crippen LogP contribution in [-0.4, -0.2) is 16.9 Å². The number of nitrogens with zero attached hydrogens (tertiary/aromatic N) is 1. The van der Waals surface area contributed by atoms with Crippen molar-refractivity contribution in [3.05, 3.63) is 33.9 Å². The first kappa shape index (κ1) is 14.3. The molecular formula is C14H19N3O3. The van der Waals surface area contributed by atoms with E-state index in [1.807, 2.05) is 0 Å². The number of carbonyl (C=O) groups is 1. The van der Waals surface area contributed by atoms with Gasteiger partial charge in [-0.15, -0.1) is 0 Å². The molecule has 6 heteroatoms. The first-order valence-electron chi connectivity index (χ1n) is 6.80. The van der Waals surface area contributed by atoms with E-state index in [1.54, 1.807) is 19.1 Å². The third-order valence-electron chi connectivity index (χ3n) is 3.88. The molecule has 0 bridgehead atoms. The second-order valence-corrected chi connectivity index (χ2v) is 5.30. The lowest BCUT2D eigenvalue weighted by Gasteiger charge is -2.30. The van der Waals surface area contributed by atoms with E-state index in [2.05, 4.69) is 5.32 Å². The van der Waals surface area contributed by atoms with Gasteiger partial charge in [-0.05, 0) is 31.9 Å². The molecule has 0 heterocycles. The predicted molar refractivity (Wildman–Crippen MR) is 76.4 cm³/mol. The highest BCUT2D eigenvalue weighted by molar-refractivity contribution is 5.78. The monoisotopic (exact) mass is 277 g/mol. The summed E-state index contributed by atoms with van der Waals surface area (Å²) in [6.07, 6.45) is 3.78. The van der Waals surface area contributed by atoms with Gasteiger partial charge in [0.15, 0.2) is 0 Å². The van der Waals surface area contributed by atoms with E-state index in [4.69, 9.17) is 5.73 Å². The smallest absolute Gasteiger partial charge is 0.272 e. The maximum atomic E-state index is 11.5. The Hall–Kier alpha value is -2.11. The Bertz CT molecular complexity index is 530. The van der Waals surface area contributed by atoms with Gasteiger partial charge in [0.1, 0.15) is 0 Å². The van der Waals surface area contributed by atoms with Crippen molar-refractivity contribution in [3.63, 3.8) is 0 Å². The molecular weight excluding hydrogens is 258 g/mol. The van der Waals surface area contributed by atoms with E-state index >= 15 is 0 Å². The Labute approximate surface area is 117 Å². The highest BCUT2D eigenvalue weighted by atomic mass is 16.6. The maximum Gasteiger partial charge on any atom is 0.272 e. The zero-order valence-electron chi connectivity index (χ0n) is 11.5. The largest absolute Gasteiger partial charge is 0.381 e. The fourth-order valence-corrected chi connectivity index (χ4v) is 2.81. The number of aryl methyl sites for hydroxylation is 1. The van der Waals surface area contributed by atoms with E-state index in [0.717, 1.165) is 31.4 Å². The molecule has 0 aliphatic heterocycles. The molecule has 2 atom stereocenters. The van der Waals surface area contributed by atoms with E-state index in [0.29, 0.717) is 5.56 Å². The number of nitrogens with two attached hydrogens (primary N) is 1. The molecule has 20 heavy (non-hydrogen) atoms. The summed E-state index contributed by atoms with van der Waals surface area (Å²) in [5, 5.41) is 14.1. The molecule has 2 rings (SSSR count). The highest BCUT2D eigenvalue weighted by Gasteiger charge is 2.29. The van der Waals surface area contributed by atoms with Gasteiger partial charge in [0.2, 0.25) is 5.91 Å². The minimum absolute atomic E-state index is 0.0158. The van der Waals surface area contributed by atoms with E-state index in [1.165, 1.54) is 6.07 Å². The van der Waals surface area contributed by atoms with Crippen molar-refractivity contribution in [1.29, 1.82) is 0 Å². The van der Waals surface area contributed by atoms with Crippen LogP contribution >= 0.6 is 0 Å². The summed E-state index contributed by atoms with van der Waals surface area (Å²) < 4.78 is 0. The van der Waals surface area contributed by atoms with Gasteiger partial charge in [-0.3, -0.25) is 14.9 Å². The summed E-state index contributed by atoms with van der Waals surface area (Å²) in [5.74, 6) is -0.444. The van der Waals surface area contributed by atoms with E-state index in [9.17, 15) is 14.9 Å². The quantitative estimate of drug-likeness (QED) is 0.652. The number of nitrogens with one attached hydrogen (secondary N) is 1. The molecule has 6 nitrogen and oxygen atoms in total. The number of anilines is 1. The van der Waals surface area contributed by atoms with Crippen LogP contribution in [0.4, 0.5) is 11.4 Å². The zero-order chi connectivity index (χ0) is 14.7. The molecule has 1 aliphatic rings. The standard InChI is InChI=1S/C14H19N3O3/c1-9-8-10(6-7-13(9)17(19)20)16-12-5-3-2-4-11(12)14(15)18/h6-8,11-12,16H,2-5H2,1H3,(H2,15,18). The number of carbonyl (C=O) groups excluding carboxylic acids is 1. The number of rotatable bonds is 4. The van der Waals surface area contributed by atoms with E-state index in [-0.39, 0.29) is 23.6 Å². The highest BCUT2D eigenvalue weighted by Crippen LogP contribution is 2.29. The first-order chi connectivity index (χ1) is 9.49. The molecule has 1 aromatic rings. The van der Waals surface area contributed by atoms with Gasteiger partial charge >= 0.3 is 0 Å². The number of benzene rings is 1. The van der Waals surface area contributed by atoms with Gasteiger partial charge in [-0.2, -0.15) is 0 Å². The number of amides is 1. The number of nitro groups is 1. The molecule has 0 spiro atoms. The molecule has 3 N–H and O–H groups in total. The molecule has 0 aromatic heterocycles. The van der Waals surface area contributed by atoms with Crippen molar-refractivity contribution in [2.45, 2.75) is 38.6 Å². The van der Waals surface area contributed by atoms with Crippen LogP contribution in [0.3, 0.4) is 0 Å². The van der Waals surface area contributed by atoms with Crippen LogP contribution in [0.2, 0.25) is 0 Å². The van der Waals surface area contributed by atoms with Crippen LogP contribution in [0.5, 0.6) is 0 Å². The van der Waals surface area contributed by atoms with Crippen molar-refractivity contribution in [2.75, 3.05) is 5.32 Å². The molecule has 108 valence electrons. The maximum absolute atomic E-state index is 11.5. The second-order valence-electron chi connectivity index (χ2n) is 5.30. The number of hydrogen-bond acceptors (Lipinski definition) is 4. The second kappa shape index (κ2) is 5.90. The summed E-state index contributed by atoms with van der Waals surface area (Å²) in [6.45, 7) is 1.70. The molecule has 1 aromatic carbocycles. The van der Waals surface area contributed by atoms with Crippen LogP contribution in [0.1, 0.15) is 31.2 Å². The summed E-state index contributed by atoms with van der Waals surface area (Å²) in [6, 6.07) is 4.92. The Morgan fingerprint density at radius 2 is 2.10 bits per heavy atom. The van der Waals surface area contributed by atoms with Gasteiger partial charge < -0.3 is 11.1 Å². The Kier molecular flexibility index (Phi) is 4.22. The molecule has 2 unspecified atom stereocenters. The summed E-state index contributed by atoms with van der Waals surface area (Å²) in [4.78, 5) is 21.8. The minimum atomic E-state index is -0.397. The Morgan fingerprint density at radius 1 is 1.40 bits per heavy atom. The minimum Gasteiger partial charge on any atom is -0.381 e. The van der Waals surface area contributed by atoms with Crippen molar-refractivity contribution in [3.8, 4) is 0 Å². The average Bonchev–Trinajstić information content (AvgIpc) is 2.38. The Morgan fingerprint density at radius 3 is 2.70 bits per heavy atom. The summed E-state index contributed by atoms with van der Waals surface area (Å²) in [5.41, 5.74) is 6.94. The lowest BCUT2D eigenvalue weighted by Crippen LogP contribution is -2.40. The number of primary amides is 1. The lowest BCUT2D eigenvalue weighted by atomic mass is 9.84. The van der Waals surface area contributed by atoms with Crippen molar-refractivity contribution in [1.82, 2.24) is 0 Å². The zero-order valence-corrected chi connectivity index (χ0v) is 11.5. The fourth-order valence-electron chi connectivity index (χ4n) is 2.81. The molecule has 1 aliphatic carbocycles. The Balaban J connectivity index is 2.14. The van der Waals surface area contributed by atoms with Crippen LogP contribution < -0.4 is 11.1 Å². The molecule has 1 fully saturated rings. The van der Waals surface area contributed by atoms with Gasteiger partial charge in [0, 0.05) is 23.4 Å². The first-order valence-corrected chi connectivity index (χ1v) is 6.80. The van der Waals surface area contributed by atoms with Crippen molar-refractivity contribution >= 4 is 17.3 Å². The third-order valence-corrected chi connectivity index (χ3v) is 3.88. The van der Waals surface area contributed by atoms with E-state index < -0.39 is 4.92 Å². The summed E-state index contributed by atoms with van der Waals surface area (Å²) in [7, 11) is 0. The van der Waals surface area contributed by atoms with Crippen molar-refractivity contribution in [2.24, 2.45) is 11.7 Å². The van der Waals surface area contributed by atoms with Gasteiger partial charge in [-0.1, -0.05) is 12.8 Å². The van der Waals surface area contributed by atoms with Crippen LogP contribution in [0, 0.1) is 23.0 Å². The molecule has 0 radical (unpaired) electrons.